The largest absolute Gasteiger partial charge is 0.493 e. The second-order valence-electron chi connectivity index (χ2n) is 8.03. The van der Waals surface area contributed by atoms with Gasteiger partial charge in [0, 0.05) is 30.2 Å². The molecule has 0 saturated carbocycles. The van der Waals surface area contributed by atoms with E-state index in [0.29, 0.717) is 16.5 Å². The number of aromatic amines is 1. The van der Waals surface area contributed by atoms with E-state index in [-0.39, 0.29) is 17.8 Å². The number of nitrogens with one attached hydrogen (secondary N) is 1. The van der Waals surface area contributed by atoms with E-state index in [2.05, 4.69) is 9.88 Å². The minimum atomic E-state index is -0.658. The van der Waals surface area contributed by atoms with Gasteiger partial charge in [0.1, 0.15) is 0 Å². The molecule has 2 heterocycles. The molecule has 1 saturated heterocycles. The summed E-state index contributed by atoms with van der Waals surface area (Å²) in [7, 11) is 3.18. The number of benzene rings is 2. The summed E-state index contributed by atoms with van der Waals surface area (Å²) >= 11 is 6.06. The maximum atomic E-state index is 12.6. The van der Waals surface area contributed by atoms with E-state index < -0.39 is 6.10 Å². The molecule has 166 valence electrons. The van der Waals surface area contributed by atoms with E-state index in [0.717, 1.165) is 42.5 Å². The Hall–Kier alpha value is -2.48. The van der Waals surface area contributed by atoms with Crippen molar-refractivity contribution >= 4 is 22.6 Å². The highest BCUT2D eigenvalue weighted by Crippen LogP contribution is 2.33. The zero-order chi connectivity index (χ0) is 22.1. The highest BCUT2D eigenvalue weighted by Gasteiger charge is 2.30. The molecular weight excluding hydrogens is 418 g/mol. The lowest BCUT2D eigenvalue weighted by Crippen LogP contribution is -2.44. The number of halogens is 1. The molecule has 1 aromatic heterocycles. The third-order valence-electron chi connectivity index (χ3n) is 6.32. The number of rotatable bonds is 6. The van der Waals surface area contributed by atoms with Gasteiger partial charge < -0.3 is 19.6 Å². The second-order valence-corrected chi connectivity index (χ2v) is 8.47. The lowest BCUT2D eigenvalue weighted by atomic mass is 9.97. The normalized spacial score (nSPS) is 17.6. The van der Waals surface area contributed by atoms with Gasteiger partial charge in [-0.3, -0.25) is 9.47 Å². The van der Waals surface area contributed by atoms with E-state index in [1.54, 1.807) is 20.3 Å². The van der Waals surface area contributed by atoms with Gasteiger partial charge in [0.2, 0.25) is 0 Å². The van der Waals surface area contributed by atoms with Crippen LogP contribution in [-0.2, 0) is 0 Å². The molecule has 2 N–H and O–H groups in total. The van der Waals surface area contributed by atoms with E-state index in [9.17, 15) is 9.90 Å². The number of aromatic nitrogens is 2. The minimum Gasteiger partial charge on any atom is -0.493 e. The van der Waals surface area contributed by atoms with Crippen molar-refractivity contribution < 1.29 is 14.6 Å². The number of hydrogen-bond donors (Lipinski definition) is 2. The van der Waals surface area contributed by atoms with Crippen LogP contribution in [0.4, 0.5) is 0 Å². The summed E-state index contributed by atoms with van der Waals surface area (Å²) in [5.74, 6) is 1.24. The van der Waals surface area contributed by atoms with Crippen molar-refractivity contribution in [2.75, 3.05) is 27.3 Å². The summed E-state index contributed by atoms with van der Waals surface area (Å²) in [6, 6.07) is 11.0. The van der Waals surface area contributed by atoms with E-state index >= 15 is 0 Å². The van der Waals surface area contributed by atoms with Crippen LogP contribution in [0.2, 0.25) is 5.02 Å². The Bertz CT molecular complexity index is 1120. The molecule has 1 fully saturated rings. The van der Waals surface area contributed by atoms with Crippen LogP contribution in [0.15, 0.2) is 41.2 Å². The lowest BCUT2D eigenvalue weighted by molar-refractivity contribution is 0.0385. The Kier molecular flexibility index (Phi) is 6.27. The molecule has 1 aliphatic rings. The van der Waals surface area contributed by atoms with E-state index in [1.807, 2.05) is 41.8 Å². The summed E-state index contributed by atoms with van der Waals surface area (Å²) in [6.07, 6.45) is 1.01. The average Bonchev–Trinajstić information content (AvgIpc) is 3.12. The second kappa shape index (κ2) is 8.94. The molecule has 2 aromatic carbocycles. The lowest BCUT2D eigenvalue weighted by Gasteiger charge is -2.38. The van der Waals surface area contributed by atoms with Gasteiger partial charge in [-0.05, 0) is 55.7 Å². The molecule has 8 heteroatoms. The highest BCUT2D eigenvalue weighted by atomic mass is 35.5. The number of piperidine rings is 1. The van der Waals surface area contributed by atoms with Crippen LogP contribution in [0.3, 0.4) is 0 Å². The first-order valence-electron chi connectivity index (χ1n) is 10.5. The molecule has 0 radical (unpaired) electrons. The predicted molar refractivity (Wildman–Crippen MR) is 121 cm³/mol. The minimum absolute atomic E-state index is 0.0717. The third-order valence-corrected chi connectivity index (χ3v) is 6.56. The zero-order valence-corrected chi connectivity index (χ0v) is 18.7. The van der Waals surface area contributed by atoms with Gasteiger partial charge in [-0.2, -0.15) is 0 Å². The number of nitrogens with zero attached hydrogens (tertiary/aromatic N) is 2. The summed E-state index contributed by atoms with van der Waals surface area (Å²) in [6.45, 7) is 3.62. The number of fused-ring (bicyclic) bond motifs is 1. The summed E-state index contributed by atoms with van der Waals surface area (Å²) in [5, 5.41) is 11.6. The number of aliphatic hydroxyl groups excluding tert-OH is 1. The first kappa shape index (κ1) is 21.7. The Morgan fingerprint density at radius 3 is 2.48 bits per heavy atom. The summed E-state index contributed by atoms with van der Waals surface area (Å²) < 4.78 is 12.5. The van der Waals surface area contributed by atoms with Crippen molar-refractivity contribution in [3.63, 3.8) is 0 Å². The summed E-state index contributed by atoms with van der Waals surface area (Å²) in [4.78, 5) is 17.7. The molecule has 3 aromatic rings. The van der Waals surface area contributed by atoms with E-state index in [4.69, 9.17) is 21.1 Å². The zero-order valence-electron chi connectivity index (χ0n) is 18.0. The third kappa shape index (κ3) is 4.18. The van der Waals surface area contributed by atoms with Crippen molar-refractivity contribution in [2.24, 2.45) is 0 Å². The number of imidazole rings is 1. The number of likely N-dealkylation sites (tertiary alicyclic amines) is 1. The number of aliphatic hydroxyl groups is 1. The van der Waals surface area contributed by atoms with Crippen molar-refractivity contribution in [2.45, 2.75) is 38.0 Å². The smallest absolute Gasteiger partial charge is 0.326 e. The Morgan fingerprint density at radius 2 is 1.81 bits per heavy atom. The van der Waals surface area contributed by atoms with Crippen LogP contribution >= 0.6 is 11.6 Å². The van der Waals surface area contributed by atoms with Crippen LogP contribution in [0.1, 0.15) is 37.5 Å². The van der Waals surface area contributed by atoms with Crippen molar-refractivity contribution in [3.8, 4) is 11.5 Å². The number of methoxy groups -OCH3 is 2. The van der Waals surface area contributed by atoms with Crippen molar-refractivity contribution in [1.82, 2.24) is 14.5 Å². The van der Waals surface area contributed by atoms with Crippen LogP contribution < -0.4 is 15.2 Å². The van der Waals surface area contributed by atoms with Crippen molar-refractivity contribution in [3.05, 3.63) is 57.5 Å². The van der Waals surface area contributed by atoms with Gasteiger partial charge in [0.25, 0.3) is 0 Å². The Labute approximate surface area is 186 Å². The summed E-state index contributed by atoms with van der Waals surface area (Å²) in [5.41, 5.74) is 2.33. The first-order valence-corrected chi connectivity index (χ1v) is 10.8. The van der Waals surface area contributed by atoms with Crippen LogP contribution in [-0.4, -0.2) is 52.9 Å². The quantitative estimate of drug-likeness (QED) is 0.604. The predicted octanol–water partition coefficient (Wildman–Crippen LogP) is 3.76. The molecule has 2 atom stereocenters. The molecule has 0 bridgehead atoms. The SMILES string of the molecule is COc1ccc(C(O)C(C)N2CCC(n3c(=O)[nH]c4cc(Cl)ccc43)CC2)cc1OC. The monoisotopic (exact) mass is 445 g/mol. The first-order chi connectivity index (χ1) is 14.9. The standard InChI is InChI=1S/C23H28ClN3O4/c1-14(22(28)15-4-7-20(30-2)21(12-15)31-3)26-10-8-17(9-11-26)27-19-6-5-16(24)13-18(19)25-23(27)29/h4-7,12-14,17,22,28H,8-11H2,1-3H3,(H,25,29). The van der Waals surface area contributed by atoms with Gasteiger partial charge >= 0.3 is 5.69 Å². The number of hydrogen-bond acceptors (Lipinski definition) is 5. The maximum Gasteiger partial charge on any atom is 0.326 e. The fourth-order valence-electron chi connectivity index (χ4n) is 4.53. The average molecular weight is 446 g/mol. The van der Waals surface area contributed by atoms with Crippen molar-refractivity contribution in [1.29, 1.82) is 0 Å². The van der Waals surface area contributed by atoms with Gasteiger partial charge in [-0.15, -0.1) is 0 Å². The van der Waals surface area contributed by atoms with Gasteiger partial charge in [-0.1, -0.05) is 17.7 Å². The molecule has 0 amide bonds. The molecule has 4 rings (SSSR count). The van der Waals surface area contributed by atoms with Gasteiger partial charge in [-0.25, -0.2) is 4.79 Å². The fourth-order valence-corrected chi connectivity index (χ4v) is 4.70. The van der Waals surface area contributed by atoms with Crippen LogP contribution in [0, 0.1) is 0 Å². The highest BCUT2D eigenvalue weighted by molar-refractivity contribution is 6.31. The molecule has 0 aliphatic carbocycles. The molecule has 0 spiro atoms. The Morgan fingerprint density at radius 1 is 1.10 bits per heavy atom. The Balaban J connectivity index is 1.46. The maximum absolute atomic E-state index is 12.6. The van der Waals surface area contributed by atoms with Crippen LogP contribution in [0.25, 0.3) is 11.0 Å². The van der Waals surface area contributed by atoms with Gasteiger partial charge in [0.15, 0.2) is 11.5 Å². The topological polar surface area (TPSA) is 79.7 Å². The van der Waals surface area contributed by atoms with Crippen LogP contribution in [0.5, 0.6) is 11.5 Å². The fraction of sp³-hybridized carbons (Fsp3) is 0.435. The number of ether oxygens (including phenoxy) is 2. The number of H-pyrrole nitrogens is 1. The molecule has 7 nitrogen and oxygen atoms in total. The molecule has 2 unspecified atom stereocenters. The van der Waals surface area contributed by atoms with Gasteiger partial charge in [0.05, 0.1) is 31.4 Å². The molecule has 31 heavy (non-hydrogen) atoms. The molecule has 1 aliphatic heterocycles. The molecular formula is C23H28ClN3O4. The van der Waals surface area contributed by atoms with E-state index in [1.165, 1.54) is 0 Å².